The van der Waals surface area contributed by atoms with Gasteiger partial charge in [-0.05, 0) is 53.3 Å². The maximum atomic E-state index is 12.8. The number of carbonyl (C=O) groups excluding carboxylic acids is 1. The van der Waals surface area contributed by atoms with Crippen LogP contribution < -0.4 is 5.73 Å². The van der Waals surface area contributed by atoms with E-state index >= 15 is 0 Å². The molecule has 0 fully saturated rings. The molecule has 0 aromatic heterocycles. The van der Waals surface area contributed by atoms with Crippen LogP contribution in [-0.4, -0.2) is 16.9 Å². The van der Waals surface area contributed by atoms with Crippen LogP contribution in [0.1, 0.15) is 35.1 Å². The SMILES string of the molecule is Cc1cc(C[C@H](N)C(=O)[C@H](C)c2ccc3ccccc3c2)cc(C)c1O. The van der Waals surface area contributed by atoms with E-state index in [1.807, 2.05) is 57.2 Å². The standard InChI is InChI=1S/C23H25NO2/c1-14-10-17(11-15(2)22(14)25)12-21(24)23(26)16(3)19-9-8-18-6-4-5-7-20(18)13-19/h4-11,13,16,21,25H,12,24H2,1-3H3/t16-,21+/m1/s1. The molecule has 0 aliphatic carbocycles. The van der Waals surface area contributed by atoms with Crippen LogP contribution in [0.4, 0.5) is 0 Å². The highest BCUT2D eigenvalue weighted by atomic mass is 16.3. The summed E-state index contributed by atoms with van der Waals surface area (Å²) in [7, 11) is 0. The maximum Gasteiger partial charge on any atom is 0.157 e. The van der Waals surface area contributed by atoms with Gasteiger partial charge in [0.15, 0.2) is 5.78 Å². The average molecular weight is 347 g/mol. The molecule has 0 saturated carbocycles. The van der Waals surface area contributed by atoms with Gasteiger partial charge in [0.25, 0.3) is 0 Å². The minimum absolute atomic E-state index is 0.0312. The lowest BCUT2D eigenvalue weighted by Crippen LogP contribution is -2.35. The summed E-state index contributed by atoms with van der Waals surface area (Å²) in [5.41, 5.74) is 9.81. The molecule has 3 nitrogen and oxygen atoms in total. The molecule has 3 aromatic carbocycles. The summed E-state index contributed by atoms with van der Waals surface area (Å²) >= 11 is 0. The molecule has 26 heavy (non-hydrogen) atoms. The lowest BCUT2D eigenvalue weighted by molar-refractivity contribution is -0.121. The topological polar surface area (TPSA) is 63.3 Å². The largest absolute Gasteiger partial charge is 0.507 e. The molecule has 0 saturated heterocycles. The Kier molecular flexibility index (Phi) is 5.10. The Balaban J connectivity index is 1.78. The zero-order valence-corrected chi connectivity index (χ0v) is 15.5. The third kappa shape index (κ3) is 3.63. The fourth-order valence-electron chi connectivity index (χ4n) is 3.48. The van der Waals surface area contributed by atoms with Crippen molar-refractivity contribution in [2.45, 2.75) is 39.2 Å². The predicted molar refractivity (Wildman–Crippen MR) is 107 cm³/mol. The van der Waals surface area contributed by atoms with Gasteiger partial charge in [-0.25, -0.2) is 0 Å². The molecule has 0 unspecified atom stereocenters. The molecule has 3 rings (SSSR count). The molecule has 134 valence electrons. The molecular weight excluding hydrogens is 322 g/mol. The molecule has 0 amide bonds. The fraction of sp³-hybridized carbons (Fsp3) is 0.261. The number of phenolic OH excluding ortho intramolecular Hbond substituents is 1. The molecule has 2 atom stereocenters. The molecule has 3 N–H and O–H groups in total. The van der Waals surface area contributed by atoms with Crippen molar-refractivity contribution < 1.29 is 9.90 Å². The highest BCUT2D eigenvalue weighted by molar-refractivity contribution is 5.92. The molecule has 0 heterocycles. The van der Waals surface area contributed by atoms with Gasteiger partial charge in [0.2, 0.25) is 0 Å². The summed E-state index contributed by atoms with van der Waals surface area (Å²) in [5, 5.41) is 12.2. The van der Waals surface area contributed by atoms with E-state index in [4.69, 9.17) is 5.73 Å². The first-order chi connectivity index (χ1) is 12.4. The van der Waals surface area contributed by atoms with Crippen LogP contribution in [0.5, 0.6) is 5.75 Å². The normalized spacial score (nSPS) is 13.5. The van der Waals surface area contributed by atoms with Crippen molar-refractivity contribution in [2.24, 2.45) is 5.73 Å². The number of benzene rings is 3. The second-order valence-electron chi connectivity index (χ2n) is 7.12. The van der Waals surface area contributed by atoms with Crippen molar-refractivity contribution in [2.75, 3.05) is 0 Å². The quantitative estimate of drug-likeness (QED) is 0.719. The van der Waals surface area contributed by atoms with Gasteiger partial charge in [-0.15, -0.1) is 0 Å². The van der Waals surface area contributed by atoms with Crippen LogP contribution in [0.3, 0.4) is 0 Å². The van der Waals surface area contributed by atoms with Crippen LogP contribution in [0, 0.1) is 13.8 Å². The smallest absolute Gasteiger partial charge is 0.157 e. The van der Waals surface area contributed by atoms with E-state index in [9.17, 15) is 9.90 Å². The van der Waals surface area contributed by atoms with Gasteiger partial charge >= 0.3 is 0 Å². The van der Waals surface area contributed by atoms with Gasteiger partial charge in [-0.1, -0.05) is 61.5 Å². The monoisotopic (exact) mass is 347 g/mol. The number of hydrogen-bond donors (Lipinski definition) is 2. The van der Waals surface area contributed by atoms with Gasteiger partial charge < -0.3 is 10.8 Å². The van der Waals surface area contributed by atoms with E-state index in [1.54, 1.807) is 0 Å². The van der Waals surface area contributed by atoms with E-state index in [0.29, 0.717) is 12.2 Å². The first-order valence-corrected chi connectivity index (χ1v) is 8.94. The lowest BCUT2D eigenvalue weighted by atomic mass is 9.88. The highest BCUT2D eigenvalue weighted by Crippen LogP contribution is 2.26. The molecule has 0 bridgehead atoms. The summed E-state index contributed by atoms with van der Waals surface area (Å²) in [5.74, 6) is 0.0794. The van der Waals surface area contributed by atoms with Crippen molar-refractivity contribution >= 4 is 16.6 Å². The number of hydrogen-bond acceptors (Lipinski definition) is 3. The van der Waals surface area contributed by atoms with E-state index in [2.05, 4.69) is 18.2 Å². The number of rotatable bonds is 5. The van der Waals surface area contributed by atoms with Crippen molar-refractivity contribution in [3.63, 3.8) is 0 Å². The minimum atomic E-state index is -0.570. The zero-order chi connectivity index (χ0) is 18.8. The number of ketones is 1. The zero-order valence-electron chi connectivity index (χ0n) is 15.5. The summed E-state index contributed by atoms with van der Waals surface area (Å²) in [6, 6.07) is 17.5. The molecule has 3 aromatic rings. The summed E-state index contributed by atoms with van der Waals surface area (Å²) in [4.78, 5) is 12.8. The Morgan fingerprint density at radius 1 is 1.00 bits per heavy atom. The second kappa shape index (κ2) is 7.30. The summed E-state index contributed by atoms with van der Waals surface area (Å²) in [6.45, 7) is 5.63. The third-order valence-corrected chi connectivity index (χ3v) is 5.07. The highest BCUT2D eigenvalue weighted by Gasteiger charge is 2.23. The van der Waals surface area contributed by atoms with Crippen molar-refractivity contribution in [3.05, 3.63) is 76.9 Å². The number of fused-ring (bicyclic) bond motifs is 1. The van der Waals surface area contributed by atoms with Gasteiger partial charge in [-0.3, -0.25) is 4.79 Å². The number of aromatic hydroxyl groups is 1. The first kappa shape index (κ1) is 18.2. The number of aryl methyl sites for hydroxylation is 2. The Hall–Kier alpha value is -2.65. The van der Waals surface area contributed by atoms with E-state index in [1.165, 1.54) is 0 Å². The average Bonchev–Trinajstić information content (AvgIpc) is 2.64. The maximum absolute atomic E-state index is 12.8. The predicted octanol–water partition coefficient (Wildman–Crippen LogP) is 4.40. The number of Topliss-reactive ketones (excluding diaryl/α,β-unsaturated/α-hetero) is 1. The second-order valence-corrected chi connectivity index (χ2v) is 7.12. The molecule has 0 aliphatic rings. The number of phenols is 1. The van der Waals surface area contributed by atoms with E-state index in [0.717, 1.165) is 33.0 Å². The van der Waals surface area contributed by atoms with Crippen LogP contribution in [0.25, 0.3) is 10.8 Å². The fourth-order valence-corrected chi connectivity index (χ4v) is 3.48. The van der Waals surface area contributed by atoms with Crippen LogP contribution in [0.2, 0.25) is 0 Å². The third-order valence-electron chi connectivity index (χ3n) is 5.07. The van der Waals surface area contributed by atoms with E-state index in [-0.39, 0.29) is 11.7 Å². The molecular formula is C23H25NO2. The summed E-state index contributed by atoms with van der Waals surface area (Å²) < 4.78 is 0. The van der Waals surface area contributed by atoms with Crippen LogP contribution in [-0.2, 0) is 11.2 Å². The van der Waals surface area contributed by atoms with Gasteiger partial charge in [0, 0.05) is 5.92 Å². The van der Waals surface area contributed by atoms with E-state index < -0.39 is 6.04 Å². The Labute approximate surface area is 154 Å². The molecule has 0 spiro atoms. The van der Waals surface area contributed by atoms with Gasteiger partial charge in [0.1, 0.15) is 5.75 Å². The lowest BCUT2D eigenvalue weighted by Gasteiger charge is -2.18. The Morgan fingerprint density at radius 3 is 2.27 bits per heavy atom. The van der Waals surface area contributed by atoms with Gasteiger partial charge in [0.05, 0.1) is 6.04 Å². The number of nitrogens with two attached hydrogens (primary N) is 1. The van der Waals surface area contributed by atoms with Crippen molar-refractivity contribution in [3.8, 4) is 5.75 Å². The first-order valence-electron chi connectivity index (χ1n) is 8.94. The van der Waals surface area contributed by atoms with Gasteiger partial charge in [-0.2, -0.15) is 0 Å². The van der Waals surface area contributed by atoms with Crippen LogP contribution in [0.15, 0.2) is 54.6 Å². The molecule has 0 aliphatic heterocycles. The number of carbonyl (C=O) groups is 1. The van der Waals surface area contributed by atoms with Crippen molar-refractivity contribution in [1.29, 1.82) is 0 Å². The minimum Gasteiger partial charge on any atom is -0.507 e. The Morgan fingerprint density at radius 2 is 1.62 bits per heavy atom. The summed E-state index contributed by atoms with van der Waals surface area (Å²) in [6.07, 6.45) is 0.471. The molecule has 0 radical (unpaired) electrons. The molecule has 3 heteroatoms. The van der Waals surface area contributed by atoms with Crippen molar-refractivity contribution in [1.82, 2.24) is 0 Å². The Bertz CT molecular complexity index is 938. The van der Waals surface area contributed by atoms with Crippen LogP contribution >= 0.6 is 0 Å².